The van der Waals surface area contributed by atoms with Crippen molar-refractivity contribution < 1.29 is 13.9 Å². The monoisotopic (exact) mass is 231 g/mol. The van der Waals surface area contributed by atoms with Gasteiger partial charge in [0.05, 0.1) is 7.11 Å². The van der Waals surface area contributed by atoms with Gasteiger partial charge in [-0.15, -0.1) is 0 Å². The van der Waals surface area contributed by atoms with Crippen LogP contribution in [0, 0.1) is 5.82 Å². The van der Waals surface area contributed by atoms with Crippen LogP contribution in [0.1, 0.15) is 10.4 Å². The molecule has 0 aliphatic heterocycles. The highest BCUT2D eigenvalue weighted by atomic mass is 19.1. The lowest BCUT2D eigenvalue weighted by molar-refractivity contribution is 0.112. The molecule has 1 aromatic carbocycles. The molecule has 4 heteroatoms. The summed E-state index contributed by atoms with van der Waals surface area (Å²) in [5, 5.41) is 0. The van der Waals surface area contributed by atoms with Gasteiger partial charge in [0.2, 0.25) is 5.88 Å². The smallest absolute Gasteiger partial charge is 0.213 e. The van der Waals surface area contributed by atoms with Crippen molar-refractivity contribution in [2.45, 2.75) is 0 Å². The van der Waals surface area contributed by atoms with E-state index in [2.05, 4.69) is 4.98 Å². The second kappa shape index (κ2) is 4.74. The van der Waals surface area contributed by atoms with E-state index in [9.17, 15) is 9.18 Å². The van der Waals surface area contributed by atoms with Gasteiger partial charge in [-0.1, -0.05) is 0 Å². The van der Waals surface area contributed by atoms with Gasteiger partial charge in [-0.05, 0) is 29.8 Å². The molecule has 0 saturated carbocycles. The van der Waals surface area contributed by atoms with Crippen LogP contribution in [0.4, 0.5) is 4.39 Å². The number of nitrogens with zero attached hydrogens (tertiary/aromatic N) is 1. The zero-order valence-electron chi connectivity index (χ0n) is 9.18. The Morgan fingerprint density at radius 3 is 2.82 bits per heavy atom. The number of pyridine rings is 1. The first-order chi connectivity index (χ1) is 8.24. The Hall–Kier alpha value is -2.23. The zero-order valence-corrected chi connectivity index (χ0v) is 9.18. The van der Waals surface area contributed by atoms with Crippen LogP contribution in [0.3, 0.4) is 0 Å². The number of hydrogen-bond acceptors (Lipinski definition) is 3. The molecule has 0 bridgehead atoms. The van der Waals surface area contributed by atoms with Crippen molar-refractivity contribution in [3.8, 4) is 17.0 Å². The zero-order chi connectivity index (χ0) is 12.3. The minimum atomic E-state index is -0.385. The highest BCUT2D eigenvalue weighted by molar-refractivity contribution is 5.79. The van der Waals surface area contributed by atoms with Crippen LogP contribution >= 0.6 is 0 Å². The molecule has 1 aromatic heterocycles. The summed E-state index contributed by atoms with van der Waals surface area (Å²) in [6.07, 6.45) is 2.21. The summed E-state index contributed by atoms with van der Waals surface area (Å²) in [7, 11) is 1.49. The highest BCUT2D eigenvalue weighted by Crippen LogP contribution is 2.25. The van der Waals surface area contributed by atoms with Gasteiger partial charge in [0.25, 0.3) is 0 Å². The summed E-state index contributed by atoms with van der Waals surface area (Å²) in [6.45, 7) is 0. The number of ether oxygens (including phenoxy) is 1. The van der Waals surface area contributed by atoms with Gasteiger partial charge in [0, 0.05) is 23.4 Å². The lowest BCUT2D eigenvalue weighted by atomic mass is 10.0. The Morgan fingerprint density at radius 2 is 2.12 bits per heavy atom. The van der Waals surface area contributed by atoms with E-state index in [1.54, 1.807) is 12.1 Å². The maximum atomic E-state index is 13.7. The highest BCUT2D eigenvalue weighted by Gasteiger charge is 2.07. The van der Waals surface area contributed by atoms with Crippen LogP contribution in [0.15, 0.2) is 36.5 Å². The van der Waals surface area contributed by atoms with Gasteiger partial charge in [-0.3, -0.25) is 4.79 Å². The molecule has 0 aliphatic rings. The maximum Gasteiger partial charge on any atom is 0.213 e. The van der Waals surface area contributed by atoms with Crippen molar-refractivity contribution in [2.75, 3.05) is 7.11 Å². The quantitative estimate of drug-likeness (QED) is 0.762. The van der Waals surface area contributed by atoms with Crippen molar-refractivity contribution in [1.29, 1.82) is 0 Å². The molecule has 0 unspecified atom stereocenters. The summed E-state index contributed by atoms with van der Waals surface area (Å²) in [5.41, 5.74) is 1.41. The summed E-state index contributed by atoms with van der Waals surface area (Å²) in [4.78, 5) is 14.6. The SMILES string of the molecule is COc1cc(-c2cc(C=O)ccc2F)ccn1. The normalized spacial score (nSPS) is 10.0. The minimum Gasteiger partial charge on any atom is -0.481 e. The Morgan fingerprint density at radius 1 is 1.29 bits per heavy atom. The summed E-state index contributed by atoms with van der Waals surface area (Å²) < 4.78 is 18.6. The molecule has 1 heterocycles. The van der Waals surface area contributed by atoms with E-state index in [1.165, 1.54) is 31.5 Å². The molecule has 86 valence electrons. The lowest BCUT2D eigenvalue weighted by Crippen LogP contribution is -1.91. The number of methoxy groups -OCH3 is 1. The average Bonchev–Trinajstić information content (AvgIpc) is 2.39. The van der Waals surface area contributed by atoms with Gasteiger partial charge in [0.1, 0.15) is 12.1 Å². The third-order valence-electron chi connectivity index (χ3n) is 2.38. The number of rotatable bonds is 3. The van der Waals surface area contributed by atoms with E-state index in [0.717, 1.165) is 0 Å². The van der Waals surface area contributed by atoms with Crippen molar-refractivity contribution in [2.24, 2.45) is 0 Å². The molecule has 0 amide bonds. The first-order valence-corrected chi connectivity index (χ1v) is 4.99. The van der Waals surface area contributed by atoms with Gasteiger partial charge in [-0.25, -0.2) is 9.37 Å². The van der Waals surface area contributed by atoms with Gasteiger partial charge in [-0.2, -0.15) is 0 Å². The first-order valence-electron chi connectivity index (χ1n) is 4.99. The van der Waals surface area contributed by atoms with Crippen LogP contribution in [0.5, 0.6) is 5.88 Å². The molecule has 0 N–H and O–H groups in total. The Balaban J connectivity index is 2.54. The number of benzene rings is 1. The molecule has 0 radical (unpaired) electrons. The van der Waals surface area contributed by atoms with Crippen molar-refractivity contribution in [3.63, 3.8) is 0 Å². The largest absolute Gasteiger partial charge is 0.481 e. The number of aromatic nitrogens is 1. The van der Waals surface area contributed by atoms with Gasteiger partial charge < -0.3 is 4.74 Å². The van der Waals surface area contributed by atoms with Gasteiger partial charge >= 0.3 is 0 Å². The average molecular weight is 231 g/mol. The Bertz CT molecular complexity index is 555. The van der Waals surface area contributed by atoms with Crippen molar-refractivity contribution in [1.82, 2.24) is 4.98 Å². The minimum absolute atomic E-state index is 0.357. The van der Waals surface area contributed by atoms with Crippen LogP contribution < -0.4 is 4.74 Å². The second-order valence-corrected chi connectivity index (χ2v) is 3.44. The van der Waals surface area contributed by atoms with E-state index < -0.39 is 0 Å². The second-order valence-electron chi connectivity index (χ2n) is 3.44. The summed E-state index contributed by atoms with van der Waals surface area (Å²) in [5.74, 6) is 0.0160. The molecule has 0 fully saturated rings. The lowest BCUT2D eigenvalue weighted by Gasteiger charge is -2.05. The molecule has 2 aromatic rings. The number of carbonyl (C=O) groups is 1. The van der Waals surface area contributed by atoms with E-state index in [1.807, 2.05) is 0 Å². The maximum absolute atomic E-state index is 13.7. The molecule has 0 spiro atoms. The van der Waals surface area contributed by atoms with Crippen LogP contribution in [-0.2, 0) is 0 Å². The molecule has 0 atom stereocenters. The summed E-state index contributed by atoms with van der Waals surface area (Å²) >= 11 is 0. The van der Waals surface area contributed by atoms with E-state index in [-0.39, 0.29) is 5.82 Å². The Labute approximate surface area is 97.9 Å². The number of halogens is 1. The third-order valence-corrected chi connectivity index (χ3v) is 2.38. The summed E-state index contributed by atoms with van der Waals surface area (Å²) in [6, 6.07) is 7.48. The molecule has 2 rings (SSSR count). The number of hydrogen-bond donors (Lipinski definition) is 0. The topological polar surface area (TPSA) is 39.2 Å². The fourth-order valence-electron chi connectivity index (χ4n) is 1.53. The predicted octanol–water partition coefficient (Wildman–Crippen LogP) is 2.71. The molecular formula is C13H10FNO2. The van der Waals surface area contributed by atoms with E-state index >= 15 is 0 Å². The molecule has 0 saturated heterocycles. The molecular weight excluding hydrogens is 221 g/mol. The van der Waals surface area contributed by atoms with E-state index in [0.29, 0.717) is 28.9 Å². The van der Waals surface area contributed by atoms with Crippen molar-refractivity contribution in [3.05, 3.63) is 47.9 Å². The van der Waals surface area contributed by atoms with Crippen LogP contribution in [0.2, 0.25) is 0 Å². The standard InChI is InChI=1S/C13H10FNO2/c1-17-13-7-10(4-5-15-13)11-6-9(8-16)2-3-12(11)14/h2-8H,1H3. The van der Waals surface area contributed by atoms with E-state index in [4.69, 9.17) is 4.74 Å². The predicted molar refractivity (Wildman–Crippen MR) is 61.6 cm³/mol. The fraction of sp³-hybridized carbons (Fsp3) is 0.0769. The number of carbonyl (C=O) groups excluding carboxylic acids is 1. The molecule has 0 aliphatic carbocycles. The van der Waals surface area contributed by atoms with Crippen molar-refractivity contribution >= 4 is 6.29 Å². The Kier molecular flexibility index (Phi) is 3.14. The fourth-order valence-corrected chi connectivity index (χ4v) is 1.53. The first kappa shape index (κ1) is 11.3. The van der Waals surface area contributed by atoms with Crippen LogP contribution in [0.25, 0.3) is 11.1 Å². The molecule has 17 heavy (non-hydrogen) atoms. The third kappa shape index (κ3) is 2.30. The number of aldehydes is 1. The van der Waals surface area contributed by atoms with Gasteiger partial charge in [0.15, 0.2) is 0 Å². The van der Waals surface area contributed by atoms with Crippen LogP contribution in [-0.4, -0.2) is 18.4 Å². The molecule has 3 nitrogen and oxygen atoms in total.